The molecule has 1 aromatic heterocycles. The van der Waals surface area contributed by atoms with E-state index < -0.39 is 0 Å². The van der Waals surface area contributed by atoms with Crippen molar-refractivity contribution in [2.45, 2.75) is 25.8 Å². The van der Waals surface area contributed by atoms with Gasteiger partial charge < -0.3 is 4.74 Å². The molecular weight excluding hydrogens is 204 g/mol. The second-order valence-electron chi connectivity index (χ2n) is 4.03. The van der Waals surface area contributed by atoms with Gasteiger partial charge in [0.25, 0.3) is 0 Å². The smallest absolute Gasteiger partial charge is 0.120 e. The number of nitrogens with zero attached hydrogens (tertiary/aromatic N) is 2. The summed E-state index contributed by atoms with van der Waals surface area (Å²) in [6.07, 6.45) is 4.21. The highest BCUT2D eigenvalue weighted by molar-refractivity contribution is 5.21. The number of aryl methyl sites for hydroxylation is 2. The molecule has 5 heteroatoms. The average Bonchev–Trinajstić information content (AvgIpc) is 2.61. The van der Waals surface area contributed by atoms with E-state index in [1.165, 1.54) is 0 Å². The van der Waals surface area contributed by atoms with Gasteiger partial charge in [0.15, 0.2) is 0 Å². The molecular formula is C11H18N4O. The van der Waals surface area contributed by atoms with Gasteiger partial charge in [0.05, 0.1) is 18.0 Å². The molecule has 16 heavy (non-hydrogen) atoms. The molecule has 0 fully saturated rings. The zero-order chi connectivity index (χ0) is 11.5. The number of aromatic nitrogens is 2. The number of hydrazine groups is 1. The van der Waals surface area contributed by atoms with Gasteiger partial charge in [0, 0.05) is 7.05 Å². The van der Waals surface area contributed by atoms with Crippen molar-refractivity contribution < 1.29 is 4.74 Å². The van der Waals surface area contributed by atoms with E-state index in [0.717, 1.165) is 36.6 Å². The molecule has 88 valence electrons. The van der Waals surface area contributed by atoms with Crippen LogP contribution in [0.5, 0.6) is 0 Å². The molecule has 0 amide bonds. The summed E-state index contributed by atoms with van der Waals surface area (Å²) in [4.78, 5) is 0. The molecule has 1 aliphatic heterocycles. The van der Waals surface area contributed by atoms with Gasteiger partial charge in [-0.2, -0.15) is 5.10 Å². The third kappa shape index (κ3) is 2.10. The summed E-state index contributed by atoms with van der Waals surface area (Å²) in [5.74, 6) is 6.50. The Morgan fingerprint density at radius 3 is 2.94 bits per heavy atom. The van der Waals surface area contributed by atoms with Crippen molar-refractivity contribution in [1.82, 2.24) is 15.2 Å². The quantitative estimate of drug-likeness (QED) is 0.590. The van der Waals surface area contributed by atoms with Crippen LogP contribution in [0.3, 0.4) is 0 Å². The lowest BCUT2D eigenvalue weighted by Crippen LogP contribution is -2.32. The fourth-order valence-electron chi connectivity index (χ4n) is 1.99. The van der Waals surface area contributed by atoms with Crippen molar-refractivity contribution in [2.75, 3.05) is 6.61 Å². The SMILES string of the molecule is Cc1cc(C(NN)C2=CCCCO2)n(C)n1. The maximum Gasteiger partial charge on any atom is 0.120 e. The lowest BCUT2D eigenvalue weighted by atomic mass is 10.1. The van der Waals surface area contributed by atoms with E-state index in [4.69, 9.17) is 10.6 Å². The van der Waals surface area contributed by atoms with E-state index in [1.807, 2.05) is 24.7 Å². The van der Waals surface area contributed by atoms with Crippen molar-refractivity contribution in [2.24, 2.45) is 12.9 Å². The van der Waals surface area contributed by atoms with Crippen molar-refractivity contribution >= 4 is 0 Å². The minimum atomic E-state index is -0.105. The summed E-state index contributed by atoms with van der Waals surface area (Å²) in [7, 11) is 1.91. The minimum absolute atomic E-state index is 0.105. The van der Waals surface area contributed by atoms with E-state index in [2.05, 4.69) is 16.6 Å². The molecule has 1 aromatic rings. The number of rotatable bonds is 3. The molecule has 3 N–H and O–H groups in total. The first kappa shape index (κ1) is 11.2. The monoisotopic (exact) mass is 222 g/mol. The predicted molar refractivity (Wildman–Crippen MR) is 61.3 cm³/mol. The Morgan fingerprint density at radius 1 is 1.62 bits per heavy atom. The van der Waals surface area contributed by atoms with Crippen molar-refractivity contribution in [3.8, 4) is 0 Å². The average molecular weight is 222 g/mol. The number of nitrogens with one attached hydrogen (secondary N) is 1. The topological polar surface area (TPSA) is 65.1 Å². The van der Waals surface area contributed by atoms with Crippen LogP contribution in [0.25, 0.3) is 0 Å². The Kier molecular flexibility index (Phi) is 3.26. The zero-order valence-corrected chi connectivity index (χ0v) is 9.73. The van der Waals surface area contributed by atoms with Crippen LogP contribution in [-0.4, -0.2) is 16.4 Å². The Labute approximate surface area is 95.2 Å². The Bertz CT molecular complexity index is 397. The van der Waals surface area contributed by atoms with Gasteiger partial charge in [-0.25, -0.2) is 5.43 Å². The second-order valence-corrected chi connectivity index (χ2v) is 4.03. The summed E-state index contributed by atoms with van der Waals surface area (Å²) >= 11 is 0. The lowest BCUT2D eigenvalue weighted by molar-refractivity contribution is 0.166. The highest BCUT2D eigenvalue weighted by Crippen LogP contribution is 2.25. The summed E-state index contributed by atoms with van der Waals surface area (Å²) < 4.78 is 7.46. The van der Waals surface area contributed by atoms with Gasteiger partial charge >= 0.3 is 0 Å². The molecule has 5 nitrogen and oxygen atoms in total. The molecule has 2 heterocycles. The minimum Gasteiger partial charge on any atom is -0.496 e. The molecule has 0 aromatic carbocycles. The fourth-order valence-corrected chi connectivity index (χ4v) is 1.99. The number of allylic oxidation sites excluding steroid dienone is 1. The van der Waals surface area contributed by atoms with Gasteiger partial charge in [-0.1, -0.05) is 0 Å². The van der Waals surface area contributed by atoms with Gasteiger partial charge in [0.1, 0.15) is 11.8 Å². The van der Waals surface area contributed by atoms with Crippen LogP contribution in [0, 0.1) is 6.92 Å². The van der Waals surface area contributed by atoms with Crippen molar-refractivity contribution in [3.05, 3.63) is 29.3 Å². The summed E-state index contributed by atoms with van der Waals surface area (Å²) in [5.41, 5.74) is 4.79. The third-order valence-corrected chi connectivity index (χ3v) is 2.75. The van der Waals surface area contributed by atoms with Gasteiger partial charge in [-0.15, -0.1) is 0 Å². The van der Waals surface area contributed by atoms with Crippen molar-refractivity contribution in [3.63, 3.8) is 0 Å². The van der Waals surface area contributed by atoms with Crippen LogP contribution in [-0.2, 0) is 11.8 Å². The van der Waals surface area contributed by atoms with Crippen LogP contribution >= 0.6 is 0 Å². The maximum absolute atomic E-state index is 5.63. The van der Waals surface area contributed by atoms with Crippen LogP contribution < -0.4 is 11.3 Å². The van der Waals surface area contributed by atoms with Gasteiger partial charge in [0.2, 0.25) is 0 Å². The standard InChI is InChI=1S/C11H18N4O/c1-8-7-9(15(2)14-8)11(13-12)10-5-3-4-6-16-10/h5,7,11,13H,3-4,6,12H2,1-2H3. The molecule has 0 saturated heterocycles. The second kappa shape index (κ2) is 4.67. The van der Waals surface area contributed by atoms with Crippen molar-refractivity contribution in [1.29, 1.82) is 0 Å². The third-order valence-electron chi connectivity index (χ3n) is 2.75. The number of nitrogens with two attached hydrogens (primary N) is 1. The molecule has 2 rings (SSSR count). The summed E-state index contributed by atoms with van der Waals surface area (Å²) in [5, 5.41) is 4.31. The van der Waals surface area contributed by atoms with E-state index in [-0.39, 0.29) is 6.04 Å². The first-order chi connectivity index (χ1) is 7.72. The fraction of sp³-hybridized carbons (Fsp3) is 0.545. The molecule has 0 radical (unpaired) electrons. The van der Waals surface area contributed by atoms with Gasteiger partial charge in [-0.3, -0.25) is 10.5 Å². The van der Waals surface area contributed by atoms with Crippen LogP contribution in [0.2, 0.25) is 0 Å². The molecule has 0 bridgehead atoms. The molecule has 0 aliphatic carbocycles. The van der Waals surface area contributed by atoms with E-state index in [9.17, 15) is 0 Å². The first-order valence-electron chi connectivity index (χ1n) is 5.52. The number of ether oxygens (including phenoxy) is 1. The van der Waals surface area contributed by atoms with E-state index in [0.29, 0.717) is 0 Å². The number of hydrogen-bond donors (Lipinski definition) is 2. The molecule has 1 atom stereocenters. The largest absolute Gasteiger partial charge is 0.496 e. The Hall–Kier alpha value is -1.33. The summed E-state index contributed by atoms with van der Waals surface area (Å²) in [6, 6.07) is 1.91. The maximum atomic E-state index is 5.63. The Morgan fingerprint density at radius 2 is 2.44 bits per heavy atom. The molecule has 0 spiro atoms. The van der Waals surface area contributed by atoms with Crippen LogP contribution in [0.1, 0.15) is 30.3 Å². The van der Waals surface area contributed by atoms with Gasteiger partial charge in [-0.05, 0) is 31.9 Å². The van der Waals surface area contributed by atoms with Crippen LogP contribution in [0.15, 0.2) is 17.9 Å². The number of hydrogen-bond acceptors (Lipinski definition) is 4. The van der Waals surface area contributed by atoms with E-state index in [1.54, 1.807) is 0 Å². The first-order valence-corrected chi connectivity index (χ1v) is 5.52. The van der Waals surface area contributed by atoms with Crippen LogP contribution in [0.4, 0.5) is 0 Å². The molecule has 1 unspecified atom stereocenters. The summed E-state index contributed by atoms with van der Waals surface area (Å²) in [6.45, 7) is 2.73. The highest BCUT2D eigenvalue weighted by atomic mass is 16.5. The normalized spacial score (nSPS) is 17.8. The molecule has 0 saturated carbocycles. The zero-order valence-electron chi connectivity index (χ0n) is 9.73. The lowest BCUT2D eigenvalue weighted by Gasteiger charge is -2.23. The predicted octanol–water partition coefficient (Wildman–Crippen LogP) is 0.927. The van der Waals surface area contributed by atoms with E-state index >= 15 is 0 Å². The molecule has 1 aliphatic rings. The highest BCUT2D eigenvalue weighted by Gasteiger charge is 2.21. The Balaban J connectivity index is 2.28.